The van der Waals surface area contributed by atoms with Gasteiger partial charge in [-0.1, -0.05) is 63.2 Å². The zero-order valence-corrected chi connectivity index (χ0v) is 13.9. The van der Waals surface area contributed by atoms with Gasteiger partial charge in [-0.05, 0) is 36.0 Å². The van der Waals surface area contributed by atoms with Crippen molar-refractivity contribution in [3.63, 3.8) is 0 Å². The van der Waals surface area contributed by atoms with Crippen LogP contribution in [-0.4, -0.2) is 13.2 Å². The number of ether oxygens (including phenoxy) is 1. The first-order chi connectivity index (χ1) is 10.5. The van der Waals surface area contributed by atoms with Crippen molar-refractivity contribution in [2.75, 3.05) is 18.5 Å². The molecule has 0 radical (unpaired) electrons. The average molecular weight is 297 g/mol. The molecular formula is C20H27NO. The van der Waals surface area contributed by atoms with E-state index in [2.05, 4.69) is 62.5 Å². The van der Waals surface area contributed by atoms with Crippen LogP contribution in [0.15, 0.2) is 54.6 Å². The van der Waals surface area contributed by atoms with Gasteiger partial charge in [-0.25, -0.2) is 0 Å². The largest absolute Gasteiger partial charge is 0.491 e. The minimum atomic E-state index is 0.250. The molecule has 1 N–H and O–H groups in total. The minimum Gasteiger partial charge on any atom is -0.491 e. The molecule has 0 unspecified atom stereocenters. The molecule has 0 saturated heterocycles. The molecule has 0 spiro atoms. The van der Waals surface area contributed by atoms with E-state index in [0.29, 0.717) is 0 Å². The molecule has 0 aliphatic carbocycles. The summed E-state index contributed by atoms with van der Waals surface area (Å²) in [6, 6.07) is 18.7. The van der Waals surface area contributed by atoms with E-state index < -0.39 is 0 Å². The number of aryl methyl sites for hydroxylation is 1. The Hall–Kier alpha value is -1.96. The van der Waals surface area contributed by atoms with Gasteiger partial charge in [-0.3, -0.25) is 0 Å². The first-order valence-electron chi connectivity index (χ1n) is 8.04. The minimum absolute atomic E-state index is 0.250. The van der Waals surface area contributed by atoms with Crippen LogP contribution in [0.3, 0.4) is 0 Å². The van der Waals surface area contributed by atoms with Crippen LogP contribution < -0.4 is 10.1 Å². The first kappa shape index (κ1) is 16.4. The van der Waals surface area contributed by atoms with Gasteiger partial charge in [0.1, 0.15) is 5.75 Å². The zero-order chi connectivity index (χ0) is 15.8. The predicted molar refractivity (Wildman–Crippen MR) is 94.6 cm³/mol. The first-order valence-corrected chi connectivity index (χ1v) is 8.04. The monoisotopic (exact) mass is 297 g/mol. The quantitative estimate of drug-likeness (QED) is 0.713. The van der Waals surface area contributed by atoms with Crippen molar-refractivity contribution in [1.29, 1.82) is 0 Å². The van der Waals surface area contributed by atoms with Crippen LogP contribution in [0.25, 0.3) is 0 Å². The summed E-state index contributed by atoms with van der Waals surface area (Å²) >= 11 is 0. The van der Waals surface area contributed by atoms with Crippen LogP contribution in [0.1, 0.15) is 32.8 Å². The SMILES string of the molecule is CC(C)(C)CNc1ccccc1OCCCc1ccccc1. The fraction of sp³-hybridized carbons (Fsp3) is 0.400. The van der Waals surface area contributed by atoms with E-state index in [1.54, 1.807) is 0 Å². The third-order valence-electron chi connectivity index (χ3n) is 3.41. The maximum Gasteiger partial charge on any atom is 0.142 e. The molecular weight excluding hydrogens is 270 g/mol. The predicted octanol–water partition coefficient (Wildman–Crippen LogP) is 5.16. The van der Waals surface area contributed by atoms with E-state index in [1.807, 2.05) is 18.2 Å². The molecule has 0 fully saturated rings. The normalized spacial score (nSPS) is 11.2. The van der Waals surface area contributed by atoms with Crippen molar-refractivity contribution in [3.8, 4) is 5.75 Å². The summed E-state index contributed by atoms with van der Waals surface area (Å²) in [5, 5.41) is 3.49. The highest BCUT2D eigenvalue weighted by Gasteiger charge is 2.11. The van der Waals surface area contributed by atoms with E-state index in [1.165, 1.54) is 5.56 Å². The number of benzene rings is 2. The lowest BCUT2D eigenvalue weighted by molar-refractivity contribution is 0.312. The Bertz CT molecular complexity index is 557. The van der Waals surface area contributed by atoms with Crippen molar-refractivity contribution in [3.05, 3.63) is 60.2 Å². The van der Waals surface area contributed by atoms with Gasteiger partial charge in [0.2, 0.25) is 0 Å². The van der Waals surface area contributed by atoms with E-state index in [-0.39, 0.29) is 5.41 Å². The van der Waals surface area contributed by atoms with Crippen molar-refractivity contribution in [2.24, 2.45) is 5.41 Å². The zero-order valence-electron chi connectivity index (χ0n) is 13.9. The smallest absolute Gasteiger partial charge is 0.142 e. The van der Waals surface area contributed by atoms with Crippen molar-refractivity contribution in [1.82, 2.24) is 0 Å². The fourth-order valence-corrected chi connectivity index (χ4v) is 2.20. The molecule has 0 aromatic heterocycles. The maximum absolute atomic E-state index is 5.96. The van der Waals surface area contributed by atoms with Crippen LogP contribution in [0.2, 0.25) is 0 Å². The molecule has 0 aliphatic heterocycles. The van der Waals surface area contributed by atoms with Crippen LogP contribution in [0.5, 0.6) is 5.75 Å². The van der Waals surface area contributed by atoms with E-state index in [4.69, 9.17) is 4.74 Å². The Morgan fingerprint density at radius 2 is 1.59 bits per heavy atom. The number of para-hydroxylation sites is 2. The second-order valence-corrected chi connectivity index (χ2v) is 6.85. The molecule has 0 saturated carbocycles. The van der Waals surface area contributed by atoms with Gasteiger partial charge < -0.3 is 10.1 Å². The number of rotatable bonds is 7. The molecule has 0 heterocycles. The Labute approximate surface area is 134 Å². The number of hydrogen-bond acceptors (Lipinski definition) is 2. The van der Waals surface area contributed by atoms with Crippen LogP contribution in [0, 0.1) is 5.41 Å². The lowest BCUT2D eigenvalue weighted by Crippen LogP contribution is -2.19. The van der Waals surface area contributed by atoms with Crippen LogP contribution in [-0.2, 0) is 6.42 Å². The maximum atomic E-state index is 5.96. The lowest BCUT2D eigenvalue weighted by Gasteiger charge is -2.21. The molecule has 2 heteroatoms. The van der Waals surface area contributed by atoms with Crippen molar-refractivity contribution in [2.45, 2.75) is 33.6 Å². The molecule has 0 aliphatic rings. The van der Waals surface area contributed by atoms with E-state index in [9.17, 15) is 0 Å². The topological polar surface area (TPSA) is 21.3 Å². The number of hydrogen-bond donors (Lipinski definition) is 1. The summed E-state index contributed by atoms with van der Waals surface area (Å²) in [5.41, 5.74) is 2.70. The van der Waals surface area contributed by atoms with E-state index in [0.717, 1.165) is 37.4 Å². The molecule has 0 amide bonds. The molecule has 22 heavy (non-hydrogen) atoms. The molecule has 2 rings (SSSR count). The van der Waals surface area contributed by atoms with Gasteiger partial charge in [0.25, 0.3) is 0 Å². The summed E-state index contributed by atoms with van der Waals surface area (Å²) in [7, 11) is 0. The second kappa shape index (κ2) is 7.88. The van der Waals surface area contributed by atoms with Crippen molar-refractivity contribution >= 4 is 5.69 Å². The average Bonchev–Trinajstić information content (AvgIpc) is 2.51. The van der Waals surface area contributed by atoms with Gasteiger partial charge in [0, 0.05) is 6.54 Å². The lowest BCUT2D eigenvalue weighted by atomic mass is 9.97. The molecule has 2 nitrogen and oxygen atoms in total. The Kier molecular flexibility index (Phi) is 5.88. The van der Waals surface area contributed by atoms with E-state index >= 15 is 0 Å². The fourth-order valence-electron chi connectivity index (χ4n) is 2.20. The third-order valence-corrected chi connectivity index (χ3v) is 3.41. The Balaban J connectivity index is 1.82. The van der Waals surface area contributed by atoms with Gasteiger partial charge in [0.05, 0.1) is 12.3 Å². The molecule has 0 atom stereocenters. The molecule has 0 bridgehead atoms. The Morgan fingerprint density at radius 3 is 2.32 bits per heavy atom. The summed E-state index contributed by atoms with van der Waals surface area (Å²) in [5.74, 6) is 0.944. The van der Waals surface area contributed by atoms with Gasteiger partial charge in [-0.2, -0.15) is 0 Å². The highest BCUT2D eigenvalue weighted by Crippen LogP contribution is 2.25. The Morgan fingerprint density at radius 1 is 0.909 bits per heavy atom. The molecule has 118 valence electrons. The van der Waals surface area contributed by atoms with Gasteiger partial charge in [0.15, 0.2) is 0 Å². The third kappa shape index (κ3) is 5.80. The standard InChI is InChI=1S/C20H27NO/c1-20(2,3)16-21-18-13-7-8-14-19(18)22-15-9-12-17-10-5-4-6-11-17/h4-8,10-11,13-14,21H,9,12,15-16H2,1-3H3. The van der Waals surface area contributed by atoms with Crippen LogP contribution in [0.4, 0.5) is 5.69 Å². The molecule has 2 aromatic rings. The summed E-state index contributed by atoms with van der Waals surface area (Å²) in [4.78, 5) is 0. The summed E-state index contributed by atoms with van der Waals surface area (Å²) < 4.78 is 5.96. The number of nitrogens with one attached hydrogen (secondary N) is 1. The summed E-state index contributed by atoms with van der Waals surface area (Å²) in [6.45, 7) is 8.34. The van der Waals surface area contributed by atoms with Gasteiger partial charge >= 0.3 is 0 Å². The highest BCUT2D eigenvalue weighted by atomic mass is 16.5. The van der Waals surface area contributed by atoms with Crippen molar-refractivity contribution < 1.29 is 4.74 Å². The second-order valence-electron chi connectivity index (χ2n) is 6.85. The number of anilines is 1. The van der Waals surface area contributed by atoms with Gasteiger partial charge in [-0.15, -0.1) is 0 Å². The van der Waals surface area contributed by atoms with Crippen LogP contribution >= 0.6 is 0 Å². The highest BCUT2D eigenvalue weighted by molar-refractivity contribution is 5.56. The molecule has 2 aromatic carbocycles. The summed E-state index contributed by atoms with van der Waals surface area (Å²) in [6.07, 6.45) is 2.08.